The number of nitrogens with zero attached hydrogens (tertiary/aromatic N) is 1. The van der Waals surface area contributed by atoms with E-state index in [0.717, 1.165) is 27.8 Å². The van der Waals surface area contributed by atoms with Crippen LogP contribution in [-0.2, 0) is 16.6 Å². The molecule has 2 aromatic carbocycles. The Balaban J connectivity index is 1.41. The van der Waals surface area contributed by atoms with E-state index >= 15 is 0 Å². The molecule has 2 amide bonds. The van der Waals surface area contributed by atoms with Crippen LogP contribution in [0.2, 0.25) is 0 Å². The number of amides is 2. The minimum Gasteiger partial charge on any atom is -0.352 e. The topological polar surface area (TPSA) is 86.9 Å². The van der Waals surface area contributed by atoms with Crippen LogP contribution in [0.1, 0.15) is 35.3 Å². The molecule has 0 spiro atoms. The zero-order valence-electron chi connectivity index (χ0n) is 14.7. The van der Waals surface area contributed by atoms with Gasteiger partial charge in [0, 0.05) is 17.8 Å². The molecular weight excluding hydrogens is 328 g/mol. The summed E-state index contributed by atoms with van der Waals surface area (Å²) in [4.78, 5) is 31.5. The number of rotatable bonds is 4. The number of aromatic amines is 1. The third-order valence-corrected chi connectivity index (χ3v) is 4.95. The first-order chi connectivity index (χ1) is 12.4. The highest BCUT2D eigenvalue weighted by atomic mass is 16.2. The van der Waals surface area contributed by atoms with E-state index < -0.39 is 5.41 Å². The van der Waals surface area contributed by atoms with Crippen LogP contribution < -0.4 is 10.6 Å². The van der Waals surface area contributed by atoms with Crippen molar-refractivity contribution in [2.45, 2.75) is 25.7 Å². The van der Waals surface area contributed by atoms with Crippen LogP contribution in [0, 0.1) is 0 Å². The van der Waals surface area contributed by atoms with Gasteiger partial charge in [-0.25, -0.2) is 4.98 Å². The Labute approximate surface area is 151 Å². The van der Waals surface area contributed by atoms with E-state index in [1.807, 2.05) is 32.0 Å². The minimum atomic E-state index is -0.520. The maximum Gasteiger partial charge on any atom is 0.251 e. The van der Waals surface area contributed by atoms with Gasteiger partial charge in [-0.15, -0.1) is 0 Å². The third-order valence-electron chi connectivity index (χ3n) is 4.95. The second-order valence-electron chi connectivity index (χ2n) is 7.10. The molecule has 0 fully saturated rings. The molecule has 0 saturated carbocycles. The molecular formula is C20H20N4O2. The van der Waals surface area contributed by atoms with Gasteiger partial charge < -0.3 is 15.6 Å². The lowest BCUT2D eigenvalue weighted by Gasteiger charge is -2.16. The Kier molecular flexibility index (Phi) is 3.76. The summed E-state index contributed by atoms with van der Waals surface area (Å²) in [6.07, 6.45) is 2.32. The van der Waals surface area contributed by atoms with Gasteiger partial charge in [-0.05, 0) is 55.7 Å². The summed E-state index contributed by atoms with van der Waals surface area (Å²) >= 11 is 0. The van der Waals surface area contributed by atoms with E-state index in [9.17, 15) is 9.59 Å². The van der Waals surface area contributed by atoms with Gasteiger partial charge in [0.15, 0.2) is 0 Å². The van der Waals surface area contributed by atoms with Gasteiger partial charge in [-0.3, -0.25) is 9.59 Å². The molecule has 0 atom stereocenters. The van der Waals surface area contributed by atoms with Crippen LogP contribution in [-0.4, -0.2) is 28.3 Å². The molecule has 2 heterocycles. The average molecular weight is 348 g/mol. The quantitative estimate of drug-likeness (QED) is 0.677. The summed E-state index contributed by atoms with van der Waals surface area (Å²) in [5.74, 6) is -0.0908. The lowest BCUT2D eigenvalue weighted by Crippen LogP contribution is -2.27. The van der Waals surface area contributed by atoms with E-state index in [0.29, 0.717) is 18.5 Å². The predicted octanol–water partition coefficient (Wildman–Crippen LogP) is 2.77. The number of aromatic nitrogens is 2. The Morgan fingerprint density at radius 3 is 2.88 bits per heavy atom. The number of carbonyl (C=O) groups is 2. The number of hydrogen-bond donors (Lipinski definition) is 3. The van der Waals surface area contributed by atoms with Crippen molar-refractivity contribution in [3.8, 4) is 0 Å². The molecule has 3 N–H and O–H groups in total. The van der Waals surface area contributed by atoms with Crippen molar-refractivity contribution in [1.82, 2.24) is 15.3 Å². The first-order valence-corrected chi connectivity index (χ1v) is 8.61. The van der Waals surface area contributed by atoms with E-state index in [-0.39, 0.29) is 11.8 Å². The molecule has 6 nitrogen and oxygen atoms in total. The number of hydrogen-bond acceptors (Lipinski definition) is 3. The van der Waals surface area contributed by atoms with E-state index in [4.69, 9.17) is 0 Å². The second-order valence-corrected chi connectivity index (χ2v) is 7.10. The maximum atomic E-state index is 12.3. The van der Waals surface area contributed by atoms with Crippen LogP contribution in [0.5, 0.6) is 0 Å². The average Bonchev–Trinajstić information content (AvgIpc) is 3.17. The van der Waals surface area contributed by atoms with E-state index in [1.165, 1.54) is 0 Å². The zero-order valence-corrected chi connectivity index (χ0v) is 14.7. The van der Waals surface area contributed by atoms with Crippen LogP contribution in [0.3, 0.4) is 0 Å². The number of imidazole rings is 1. The van der Waals surface area contributed by atoms with Crippen molar-refractivity contribution in [2.24, 2.45) is 0 Å². The van der Waals surface area contributed by atoms with Crippen molar-refractivity contribution in [1.29, 1.82) is 0 Å². The summed E-state index contributed by atoms with van der Waals surface area (Å²) in [6, 6.07) is 11.4. The second kappa shape index (κ2) is 5.98. The minimum absolute atomic E-state index is 0.0205. The molecule has 1 aliphatic rings. The fourth-order valence-corrected chi connectivity index (χ4v) is 3.27. The Morgan fingerprint density at radius 1 is 1.19 bits per heavy atom. The Bertz CT molecular complexity index is 1020. The molecule has 132 valence electrons. The Hall–Kier alpha value is -3.15. The smallest absolute Gasteiger partial charge is 0.251 e. The molecule has 0 bridgehead atoms. The van der Waals surface area contributed by atoms with Gasteiger partial charge >= 0.3 is 0 Å². The first-order valence-electron chi connectivity index (χ1n) is 8.61. The van der Waals surface area contributed by atoms with Crippen molar-refractivity contribution in [2.75, 3.05) is 11.9 Å². The summed E-state index contributed by atoms with van der Waals surface area (Å²) < 4.78 is 0. The number of carbonyl (C=O) groups excluding carboxylic acids is 2. The highest BCUT2D eigenvalue weighted by Gasteiger charge is 2.38. The zero-order chi connectivity index (χ0) is 18.3. The van der Waals surface area contributed by atoms with Crippen molar-refractivity contribution in [3.63, 3.8) is 0 Å². The number of fused-ring (bicyclic) bond motifs is 2. The van der Waals surface area contributed by atoms with E-state index in [1.54, 1.807) is 18.5 Å². The molecule has 1 aromatic heterocycles. The third kappa shape index (κ3) is 2.73. The summed E-state index contributed by atoms with van der Waals surface area (Å²) in [7, 11) is 0. The highest BCUT2D eigenvalue weighted by molar-refractivity contribution is 6.05. The van der Waals surface area contributed by atoms with E-state index in [2.05, 4.69) is 26.7 Å². The SMILES string of the molecule is CC1(C)C(=O)Nc2ccc(CCNC(=O)c3ccc4nc[nH]c4c3)cc21. The van der Waals surface area contributed by atoms with Crippen LogP contribution in [0.25, 0.3) is 11.0 Å². The molecule has 0 radical (unpaired) electrons. The summed E-state index contributed by atoms with van der Waals surface area (Å²) in [5.41, 5.74) is 4.75. The monoisotopic (exact) mass is 348 g/mol. The van der Waals surface area contributed by atoms with Crippen LogP contribution in [0.15, 0.2) is 42.7 Å². The van der Waals surface area contributed by atoms with Gasteiger partial charge in [0.1, 0.15) is 0 Å². The molecule has 1 aliphatic heterocycles. The molecule has 4 rings (SSSR count). The standard InChI is InChI=1S/C20H20N4O2/c1-20(2)14-9-12(3-5-15(14)24-19(20)26)7-8-21-18(25)13-4-6-16-17(10-13)23-11-22-16/h3-6,9-11H,7-8H2,1-2H3,(H,21,25)(H,22,23)(H,24,26). The largest absolute Gasteiger partial charge is 0.352 e. The summed E-state index contributed by atoms with van der Waals surface area (Å²) in [5, 5.41) is 5.85. The van der Waals surface area contributed by atoms with Crippen molar-refractivity contribution < 1.29 is 9.59 Å². The van der Waals surface area contributed by atoms with Gasteiger partial charge in [-0.1, -0.05) is 12.1 Å². The highest BCUT2D eigenvalue weighted by Crippen LogP contribution is 2.37. The molecule has 3 aromatic rings. The van der Waals surface area contributed by atoms with Gasteiger partial charge in [0.2, 0.25) is 5.91 Å². The number of nitrogens with one attached hydrogen (secondary N) is 3. The molecule has 0 unspecified atom stereocenters. The fourth-order valence-electron chi connectivity index (χ4n) is 3.27. The fraction of sp³-hybridized carbons (Fsp3) is 0.250. The predicted molar refractivity (Wildman–Crippen MR) is 100 cm³/mol. The van der Waals surface area contributed by atoms with Crippen LogP contribution >= 0.6 is 0 Å². The molecule has 0 aliphatic carbocycles. The Morgan fingerprint density at radius 2 is 2.04 bits per heavy atom. The molecule has 26 heavy (non-hydrogen) atoms. The number of benzene rings is 2. The van der Waals surface area contributed by atoms with Gasteiger partial charge in [0.25, 0.3) is 5.91 Å². The van der Waals surface area contributed by atoms with Gasteiger partial charge in [-0.2, -0.15) is 0 Å². The van der Waals surface area contributed by atoms with Crippen molar-refractivity contribution in [3.05, 3.63) is 59.4 Å². The van der Waals surface area contributed by atoms with Crippen molar-refractivity contribution >= 4 is 28.5 Å². The summed E-state index contributed by atoms with van der Waals surface area (Å²) in [6.45, 7) is 4.37. The van der Waals surface area contributed by atoms with Gasteiger partial charge in [0.05, 0.1) is 22.8 Å². The lowest BCUT2D eigenvalue weighted by atomic mass is 9.85. The molecule has 0 saturated heterocycles. The lowest BCUT2D eigenvalue weighted by molar-refractivity contribution is -0.119. The maximum absolute atomic E-state index is 12.3. The van der Waals surface area contributed by atoms with Crippen LogP contribution in [0.4, 0.5) is 5.69 Å². The first kappa shape index (κ1) is 16.3. The molecule has 6 heteroatoms. The number of anilines is 1. The normalized spacial score (nSPS) is 14.9. The number of H-pyrrole nitrogens is 1.